The molecular weight excluding hydrogens is 380 g/mol. The van der Waals surface area contributed by atoms with Crippen molar-refractivity contribution in [3.8, 4) is 11.3 Å². The molecule has 2 aliphatic rings. The second kappa shape index (κ2) is 7.31. The average Bonchev–Trinajstić information content (AvgIpc) is 3.16. The third-order valence-corrected chi connectivity index (χ3v) is 7.78. The molecular formula is C23H28N4OS. The van der Waals surface area contributed by atoms with Crippen LogP contribution < -0.4 is 5.56 Å². The smallest absolute Gasteiger partial charge is 0.259 e. The Morgan fingerprint density at radius 3 is 2.72 bits per heavy atom. The number of hydrogen-bond donors (Lipinski definition) is 0. The third-order valence-electron chi connectivity index (χ3n) is 6.77. The molecule has 1 spiro atoms. The monoisotopic (exact) mass is 408 g/mol. The van der Waals surface area contributed by atoms with Crippen LogP contribution >= 0.6 is 11.8 Å². The van der Waals surface area contributed by atoms with E-state index in [9.17, 15) is 4.79 Å². The van der Waals surface area contributed by atoms with Gasteiger partial charge in [0.15, 0.2) is 5.16 Å². The van der Waals surface area contributed by atoms with Crippen LogP contribution in [0.4, 0.5) is 0 Å². The second-order valence-electron chi connectivity index (χ2n) is 8.58. The zero-order valence-electron chi connectivity index (χ0n) is 17.3. The van der Waals surface area contributed by atoms with Crippen LogP contribution in [-0.2, 0) is 18.9 Å². The maximum atomic E-state index is 13.7. The van der Waals surface area contributed by atoms with Crippen molar-refractivity contribution in [3.63, 3.8) is 0 Å². The van der Waals surface area contributed by atoms with Crippen LogP contribution in [0, 0.1) is 0 Å². The molecule has 0 N–H and O–H groups in total. The van der Waals surface area contributed by atoms with Crippen molar-refractivity contribution in [2.45, 2.75) is 68.9 Å². The molecule has 2 aliphatic carbocycles. The van der Waals surface area contributed by atoms with Crippen molar-refractivity contribution in [2.24, 2.45) is 7.05 Å². The van der Waals surface area contributed by atoms with Crippen LogP contribution in [0.25, 0.3) is 17.0 Å². The Balaban J connectivity index is 1.84. The lowest BCUT2D eigenvalue weighted by Crippen LogP contribution is -2.43. The van der Waals surface area contributed by atoms with Gasteiger partial charge < -0.3 is 0 Å². The van der Waals surface area contributed by atoms with Crippen molar-refractivity contribution in [2.75, 3.05) is 5.75 Å². The van der Waals surface area contributed by atoms with E-state index in [0.29, 0.717) is 5.78 Å². The molecule has 0 saturated heterocycles. The largest absolute Gasteiger partial charge is 0.280 e. The van der Waals surface area contributed by atoms with Gasteiger partial charge in [0.05, 0.1) is 5.69 Å². The highest BCUT2D eigenvalue weighted by atomic mass is 32.2. The van der Waals surface area contributed by atoms with Crippen molar-refractivity contribution < 1.29 is 0 Å². The molecule has 0 bridgehead atoms. The Morgan fingerprint density at radius 2 is 1.93 bits per heavy atom. The van der Waals surface area contributed by atoms with Gasteiger partial charge in [0.1, 0.15) is 0 Å². The highest BCUT2D eigenvalue weighted by Crippen LogP contribution is 2.49. The number of benzene rings is 1. The number of fused-ring (bicyclic) bond motifs is 6. The first-order chi connectivity index (χ1) is 14.2. The predicted molar refractivity (Wildman–Crippen MR) is 118 cm³/mol. The first kappa shape index (κ1) is 18.9. The van der Waals surface area contributed by atoms with Gasteiger partial charge in [-0.1, -0.05) is 68.6 Å². The molecule has 6 heteroatoms. The zero-order valence-corrected chi connectivity index (χ0v) is 18.1. The number of rotatable bonds is 4. The van der Waals surface area contributed by atoms with E-state index in [4.69, 9.17) is 0 Å². The van der Waals surface area contributed by atoms with Gasteiger partial charge in [-0.05, 0) is 31.2 Å². The van der Waals surface area contributed by atoms with Crippen LogP contribution in [0.1, 0.15) is 63.0 Å². The molecule has 0 unspecified atom stereocenters. The van der Waals surface area contributed by atoms with Crippen molar-refractivity contribution >= 4 is 17.5 Å². The summed E-state index contributed by atoms with van der Waals surface area (Å²) in [5.74, 6) is 1.66. The number of unbranched alkanes of at least 4 members (excludes halogenated alkanes) is 1. The van der Waals surface area contributed by atoms with Crippen molar-refractivity contribution in [1.82, 2.24) is 19.2 Å². The number of aryl methyl sites for hydroxylation is 1. The minimum absolute atomic E-state index is 0.0550. The third kappa shape index (κ3) is 2.87. The van der Waals surface area contributed by atoms with E-state index >= 15 is 0 Å². The Hall–Kier alpha value is -2.08. The van der Waals surface area contributed by atoms with Gasteiger partial charge >= 0.3 is 0 Å². The van der Waals surface area contributed by atoms with E-state index in [2.05, 4.69) is 45.8 Å². The van der Waals surface area contributed by atoms with Gasteiger partial charge in [-0.2, -0.15) is 0 Å². The first-order valence-electron chi connectivity index (χ1n) is 10.9. The summed E-state index contributed by atoms with van der Waals surface area (Å²) in [6, 6.07) is 8.62. The standard InChI is InChI=1S/C23H28N4OS/c1-3-4-14-29-22-25-24-21-26(2)20(28)18-19(27(21)22)17-11-7-6-10-16(17)15-23(18)12-8-5-9-13-23/h6-7,10-11H,3-5,8-9,12-15H2,1-2H3. The van der Waals surface area contributed by atoms with E-state index in [0.717, 1.165) is 54.3 Å². The van der Waals surface area contributed by atoms with E-state index in [1.807, 2.05) is 7.05 Å². The molecule has 1 saturated carbocycles. The molecule has 2 heterocycles. The molecule has 1 aromatic carbocycles. The quantitative estimate of drug-likeness (QED) is 0.462. The number of aromatic nitrogens is 4. The Morgan fingerprint density at radius 1 is 1.14 bits per heavy atom. The summed E-state index contributed by atoms with van der Waals surface area (Å²) < 4.78 is 3.89. The Labute approximate surface area is 175 Å². The zero-order chi connectivity index (χ0) is 20.0. The Bertz CT molecular complexity index is 1120. The maximum absolute atomic E-state index is 13.7. The second-order valence-corrected chi connectivity index (χ2v) is 9.64. The summed E-state index contributed by atoms with van der Waals surface area (Å²) >= 11 is 1.75. The molecule has 3 aromatic rings. The van der Waals surface area contributed by atoms with Crippen LogP contribution in [0.2, 0.25) is 0 Å². The molecule has 152 valence electrons. The molecule has 1 fully saturated rings. The molecule has 0 amide bonds. The van der Waals surface area contributed by atoms with E-state index in [1.54, 1.807) is 16.3 Å². The molecule has 2 aromatic heterocycles. The van der Waals surface area contributed by atoms with Crippen LogP contribution in [-0.4, -0.2) is 24.9 Å². The fourth-order valence-corrected chi connectivity index (χ4v) is 6.31. The lowest BCUT2D eigenvalue weighted by Gasteiger charge is -2.42. The summed E-state index contributed by atoms with van der Waals surface area (Å²) in [5.41, 5.74) is 4.65. The SMILES string of the molecule is CCCCSc1nnc2n(C)c(=O)c3c(n12)-c1ccccc1CC31CCCCC1. The predicted octanol–water partition coefficient (Wildman–Crippen LogP) is 4.75. The molecule has 29 heavy (non-hydrogen) atoms. The van der Waals surface area contributed by atoms with E-state index in [1.165, 1.54) is 30.4 Å². The van der Waals surface area contributed by atoms with E-state index in [-0.39, 0.29) is 11.0 Å². The van der Waals surface area contributed by atoms with E-state index < -0.39 is 0 Å². The van der Waals surface area contributed by atoms with Crippen molar-refractivity contribution in [1.29, 1.82) is 0 Å². The maximum Gasteiger partial charge on any atom is 0.259 e. The first-order valence-corrected chi connectivity index (χ1v) is 11.8. The highest BCUT2D eigenvalue weighted by Gasteiger charge is 2.43. The van der Waals surface area contributed by atoms with Crippen molar-refractivity contribution in [3.05, 3.63) is 45.7 Å². The van der Waals surface area contributed by atoms with Gasteiger partial charge in [0, 0.05) is 29.3 Å². The van der Waals surface area contributed by atoms with Gasteiger partial charge in [-0.15, -0.1) is 10.2 Å². The van der Waals surface area contributed by atoms with Gasteiger partial charge in [0.25, 0.3) is 5.56 Å². The van der Waals surface area contributed by atoms with Gasteiger partial charge in [0.2, 0.25) is 5.78 Å². The molecule has 0 aliphatic heterocycles. The summed E-state index contributed by atoms with van der Waals surface area (Å²) in [4.78, 5) is 13.7. The fraction of sp³-hybridized carbons (Fsp3) is 0.522. The molecule has 5 nitrogen and oxygen atoms in total. The molecule has 5 rings (SSSR count). The topological polar surface area (TPSA) is 52.2 Å². The molecule has 0 radical (unpaired) electrons. The number of hydrogen-bond acceptors (Lipinski definition) is 4. The Kier molecular flexibility index (Phi) is 4.77. The van der Waals surface area contributed by atoms with Crippen LogP contribution in [0.3, 0.4) is 0 Å². The minimum atomic E-state index is -0.0550. The van der Waals surface area contributed by atoms with Gasteiger partial charge in [-0.3, -0.25) is 13.8 Å². The summed E-state index contributed by atoms with van der Waals surface area (Å²) in [7, 11) is 1.85. The number of thioether (sulfide) groups is 1. The van der Waals surface area contributed by atoms with Crippen LogP contribution in [0.15, 0.2) is 34.2 Å². The van der Waals surface area contributed by atoms with Gasteiger partial charge in [-0.25, -0.2) is 0 Å². The number of nitrogens with zero attached hydrogens (tertiary/aromatic N) is 4. The van der Waals surface area contributed by atoms with Crippen LogP contribution in [0.5, 0.6) is 0 Å². The normalized spacial score (nSPS) is 17.4. The summed E-state index contributed by atoms with van der Waals surface area (Å²) in [6.45, 7) is 2.21. The molecule has 0 atom stereocenters. The lowest BCUT2D eigenvalue weighted by atomic mass is 9.62. The minimum Gasteiger partial charge on any atom is -0.280 e. The summed E-state index contributed by atoms with van der Waals surface area (Å²) in [6.07, 6.45) is 9.13. The highest BCUT2D eigenvalue weighted by molar-refractivity contribution is 7.99. The lowest BCUT2D eigenvalue weighted by molar-refractivity contribution is 0.283. The fourth-order valence-electron chi connectivity index (χ4n) is 5.29. The summed E-state index contributed by atoms with van der Waals surface area (Å²) in [5, 5.41) is 9.83. The average molecular weight is 409 g/mol.